The van der Waals surface area contributed by atoms with Crippen molar-refractivity contribution in [3.8, 4) is 11.5 Å². The van der Waals surface area contributed by atoms with Gasteiger partial charge in [-0.25, -0.2) is 0 Å². The molecule has 0 saturated carbocycles. The van der Waals surface area contributed by atoms with E-state index in [0.717, 1.165) is 0 Å². The monoisotopic (exact) mass is 363 g/mol. The smallest absolute Gasteiger partial charge is 0.313 e. The first-order chi connectivity index (χ1) is 11.9. The van der Waals surface area contributed by atoms with E-state index < -0.39 is 11.9 Å². The number of carbonyl (C=O) groups is 3. The first kappa shape index (κ1) is 21.8. The van der Waals surface area contributed by atoms with E-state index >= 15 is 0 Å². The van der Waals surface area contributed by atoms with E-state index in [2.05, 4.69) is 5.32 Å². The van der Waals surface area contributed by atoms with Crippen molar-refractivity contribution in [1.29, 1.82) is 0 Å². The fraction of sp³-hybridized carbons (Fsp3) is 0.550. The average molecular weight is 363 g/mol. The summed E-state index contributed by atoms with van der Waals surface area (Å²) in [5.74, 6) is -1.56. The van der Waals surface area contributed by atoms with Gasteiger partial charge in [0.1, 0.15) is 0 Å². The van der Waals surface area contributed by atoms with Crippen molar-refractivity contribution in [3.05, 3.63) is 23.8 Å². The van der Waals surface area contributed by atoms with Crippen LogP contribution in [0.3, 0.4) is 0 Å². The van der Waals surface area contributed by atoms with E-state index in [1.807, 2.05) is 20.8 Å². The third kappa shape index (κ3) is 6.96. The van der Waals surface area contributed by atoms with Crippen LogP contribution in [0.5, 0.6) is 11.5 Å². The second kappa shape index (κ2) is 8.94. The molecule has 144 valence electrons. The van der Waals surface area contributed by atoms with Gasteiger partial charge in [0.15, 0.2) is 17.3 Å². The highest BCUT2D eigenvalue weighted by Gasteiger charge is 2.20. The quantitative estimate of drug-likeness (QED) is 0.454. The summed E-state index contributed by atoms with van der Waals surface area (Å²) >= 11 is 0. The van der Waals surface area contributed by atoms with Gasteiger partial charge in [0.2, 0.25) is 0 Å². The van der Waals surface area contributed by atoms with Crippen LogP contribution in [-0.2, 0) is 9.59 Å². The van der Waals surface area contributed by atoms with Gasteiger partial charge in [-0.3, -0.25) is 14.4 Å². The minimum atomic E-state index is -0.468. The van der Waals surface area contributed by atoms with Crippen molar-refractivity contribution >= 4 is 17.7 Å². The van der Waals surface area contributed by atoms with Crippen LogP contribution in [0.25, 0.3) is 0 Å². The van der Waals surface area contributed by atoms with Crippen molar-refractivity contribution < 1.29 is 23.9 Å². The maximum Gasteiger partial charge on any atom is 0.313 e. The number of ether oxygens (including phenoxy) is 2. The Balaban J connectivity index is 3.10. The van der Waals surface area contributed by atoms with E-state index in [1.54, 1.807) is 33.8 Å². The fourth-order valence-corrected chi connectivity index (χ4v) is 1.75. The lowest BCUT2D eigenvalue weighted by atomic mass is 10.1. The molecule has 1 rings (SSSR count). The summed E-state index contributed by atoms with van der Waals surface area (Å²) in [5.41, 5.74) is 0.174. The Morgan fingerprint density at radius 2 is 1.42 bits per heavy atom. The van der Waals surface area contributed by atoms with E-state index in [9.17, 15) is 14.4 Å². The molecule has 1 aromatic carbocycles. The number of Topliss-reactive ketones (excluding diaryl/α,β-unsaturated/α-hetero) is 1. The number of nitrogens with one attached hydrogen (secondary N) is 1. The maximum atomic E-state index is 12.4. The van der Waals surface area contributed by atoms with Gasteiger partial charge in [-0.2, -0.15) is 0 Å². The third-order valence-electron chi connectivity index (χ3n) is 3.41. The molecule has 0 unspecified atom stereocenters. The summed E-state index contributed by atoms with van der Waals surface area (Å²) in [4.78, 5) is 36.2. The zero-order valence-electron chi connectivity index (χ0n) is 16.6. The summed E-state index contributed by atoms with van der Waals surface area (Å²) in [5, 5.41) is 3.12. The second-order valence-corrected chi connectivity index (χ2v) is 7.84. The van der Waals surface area contributed by atoms with Gasteiger partial charge in [0.05, 0.1) is 18.4 Å². The summed E-state index contributed by atoms with van der Waals surface area (Å²) in [6.45, 7) is 12.8. The van der Waals surface area contributed by atoms with Crippen LogP contribution in [-0.4, -0.2) is 29.8 Å². The number of carbonyl (C=O) groups excluding carboxylic acids is 3. The average Bonchev–Trinajstić information content (AvgIpc) is 2.53. The molecule has 0 radical (unpaired) electrons. The molecule has 1 aromatic rings. The highest BCUT2D eigenvalue weighted by molar-refractivity contribution is 5.98. The first-order valence-corrected chi connectivity index (χ1v) is 8.76. The number of rotatable bonds is 7. The molecule has 0 aliphatic heterocycles. The van der Waals surface area contributed by atoms with Gasteiger partial charge in [0, 0.05) is 11.1 Å². The normalized spacial score (nSPS) is 11.6. The molecule has 0 heterocycles. The molecular formula is C20H29NO5. The first-order valence-electron chi connectivity index (χ1n) is 8.76. The van der Waals surface area contributed by atoms with Crippen molar-refractivity contribution in [1.82, 2.24) is 5.32 Å². The molecule has 0 bridgehead atoms. The number of ketones is 1. The Morgan fingerprint density at radius 3 is 1.88 bits per heavy atom. The number of esters is 2. The SMILES string of the molecule is CC(C)C(=O)Oc1ccc(C(=O)CNC(C)(C)C)cc1OC(=O)C(C)C. The summed E-state index contributed by atoms with van der Waals surface area (Å²) in [7, 11) is 0. The standard InChI is InChI=1S/C20H29NO5/c1-12(2)18(23)25-16-9-8-14(15(22)11-21-20(5,6)7)10-17(16)26-19(24)13(3)4/h8-10,12-13,21H,11H2,1-7H3. The summed E-state index contributed by atoms with van der Waals surface area (Å²) < 4.78 is 10.6. The van der Waals surface area contributed by atoms with E-state index in [4.69, 9.17) is 9.47 Å². The van der Waals surface area contributed by atoms with Gasteiger partial charge >= 0.3 is 11.9 Å². The molecule has 1 N–H and O–H groups in total. The van der Waals surface area contributed by atoms with Crippen molar-refractivity contribution in [2.45, 2.75) is 54.0 Å². The van der Waals surface area contributed by atoms with Crippen LogP contribution in [0.15, 0.2) is 18.2 Å². The summed E-state index contributed by atoms with van der Waals surface area (Å²) in [6, 6.07) is 4.48. The Morgan fingerprint density at radius 1 is 0.923 bits per heavy atom. The Kier molecular flexibility index (Phi) is 7.51. The lowest BCUT2D eigenvalue weighted by Gasteiger charge is -2.20. The number of benzene rings is 1. The van der Waals surface area contributed by atoms with Crippen LogP contribution in [0.2, 0.25) is 0 Å². The minimum Gasteiger partial charge on any atom is -0.422 e. The van der Waals surface area contributed by atoms with Gasteiger partial charge < -0.3 is 14.8 Å². The van der Waals surface area contributed by atoms with Gasteiger partial charge in [-0.1, -0.05) is 27.7 Å². The highest BCUT2D eigenvalue weighted by atomic mass is 16.6. The topological polar surface area (TPSA) is 81.7 Å². The van der Waals surface area contributed by atoms with Crippen LogP contribution in [0.1, 0.15) is 58.8 Å². The predicted molar refractivity (Wildman–Crippen MR) is 99.5 cm³/mol. The van der Waals surface area contributed by atoms with Gasteiger partial charge in [-0.05, 0) is 39.0 Å². The molecule has 6 nitrogen and oxygen atoms in total. The minimum absolute atomic E-state index is 0.0688. The lowest BCUT2D eigenvalue weighted by Crippen LogP contribution is -2.39. The van der Waals surface area contributed by atoms with E-state index in [1.165, 1.54) is 12.1 Å². The molecule has 0 fully saturated rings. The van der Waals surface area contributed by atoms with Crippen LogP contribution in [0.4, 0.5) is 0 Å². The maximum absolute atomic E-state index is 12.4. The van der Waals surface area contributed by atoms with E-state index in [0.29, 0.717) is 5.56 Å². The van der Waals surface area contributed by atoms with Gasteiger partial charge in [0.25, 0.3) is 0 Å². The van der Waals surface area contributed by atoms with Crippen LogP contribution >= 0.6 is 0 Å². The zero-order valence-corrected chi connectivity index (χ0v) is 16.6. The fourth-order valence-electron chi connectivity index (χ4n) is 1.75. The molecule has 0 atom stereocenters. The van der Waals surface area contributed by atoms with Crippen molar-refractivity contribution in [2.24, 2.45) is 11.8 Å². The molecule has 0 amide bonds. The Labute approximate surface area is 155 Å². The second-order valence-electron chi connectivity index (χ2n) is 7.84. The highest BCUT2D eigenvalue weighted by Crippen LogP contribution is 2.30. The zero-order chi connectivity index (χ0) is 20.1. The summed E-state index contributed by atoms with van der Waals surface area (Å²) in [6.07, 6.45) is 0. The third-order valence-corrected chi connectivity index (χ3v) is 3.41. The molecule has 0 spiro atoms. The molecular weight excluding hydrogens is 334 g/mol. The molecule has 0 saturated heterocycles. The molecule has 6 heteroatoms. The number of hydrogen-bond acceptors (Lipinski definition) is 6. The van der Waals surface area contributed by atoms with Crippen LogP contribution in [0, 0.1) is 11.8 Å². The Bertz CT molecular complexity index is 671. The predicted octanol–water partition coefficient (Wildman–Crippen LogP) is 3.38. The number of hydrogen-bond donors (Lipinski definition) is 1. The van der Waals surface area contributed by atoms with Gasteiger partial charge in [-0.15, -0.1) is 0 Å². The lowest BCUT2D eigenvalue weighted by molar-refractivity contribution is -0.140. The van der Waals surface area contributed by atoms with Crippen LogP contribution < -0.4 is 14.8 Å². The molecule has 0 aromatic heterocycles. The molecule has 0 aliphatic rings. The van der Waals surface area contributed by atoms with E-state index in [-0.39, 0.29) is 41.2 Å². The molecule has 26 heavy (non-hydrogen) atoms. The Hall–Kier alpha value is -2.21. The largest absolute Gasteiger partial charge is 0.422 e. The molecule has 0 aliphatic carbocycles. The van der Waals surface area contributed by atoms with Crippen molar-refractivity contribution in [2.75, 3.05) is 6.54 Å². The van der Waals surface area contributed by atoms with Crippen molar-refractivity contribution in [3.63, 3.8) is 0 Å².